The highest BCUT2D eigenvalue weighted by Gasteiger charge is 2.19. The van der Waals surface area contributed by atoms with Crippen LogP contribution in [-0.2, 0) is 10.0 Å². The fourth-order valence-corrected chi connectivity index (χ4v) is 3.76. The van der Waals surface area contributed by atoms with Crippen LogP contribution in [-0.4, -0.2) is 38.1 Å². The van der Waals surface area contributed by atoms with Gasteiger partial charge in [-0.1, -0.05) is 39.3 Å². The molecule has 0 unspecified atom stereocenters. The first-order chi connectivity index (χ1) is 13.2. The number of aromatic nitrogens is 1. The lowest BCUT2D eigenvalue weighted by Crippen LogP contribution is -2.23. The molecule has 0 spiro atoms. The van der Waals surface area contributed by atoms with Gasteiger partial charge in [-0.15, -0.1) is 0 Å². The van der Waals surface area contributed by atoms with E-state index in [-0.39, 0.29) is 16.1 Å². The maximum absolute atomic E-state index is 12.6. The summed E-state index contributed by atoms with van der Waals surface area (Å²) in [6.45, 7) is 6.77. The Morgan fingerprint density at radius 3 is 2.43 bits per heavy atom. The minimum Gasteiger partial charge on any atom is -0.478 e. The quantitative estimate of drug-likeness (QED) is 0.655. The Hall–Kier alpha value is -2.61. The molecule has 0 amide bonds. The predicted molar refractivity (Wildman–Crippen MR) is 111 cm³/mol. The van der Waals surface area contributed by atoms with Gasteiger partial charge in [0.15, 0.2) is 0 Å². The number of nitrogens with one attached hydrogen (secondary N) is 1. The summed E-state index contributed by atoms with van der Waals surface area (Å²) in [5.74, 6) is -0.553. The second-order valence-electron chi connectivity index (χ2n) is 7.00. The van der Waals surface area contributed by atoms with Gasteiger partial charge in [0, 0.05) is 13.6 Å². The Morgan fingerprint density at radius 1 is 1.25 bits per heavy atom. The third-order valence-corrected chi connectivity index (χ3v) is 5.81. The summed E-state index contributed by atoms with van der Waals surface area (Å²) in [5, 5.41) is 9.52. The highest BCUT2D eigenvalue weighted by Crippen LogP contribution is 2.24. The van der Waals surface area contributed by atoms with Crippen molar-refractivity contribution >= 4 is 27.5 Å². The number of pyridine rings is 1. The van der Waals surface area contributed by atoms with Gasteiger partial charge in [-0.2, -0.15) is 0 Å². The van der Waals surface area contributed by atoms with Crippen LogP contribution in [0.2, 0.25) is 0 Å². The average Bonchev–Trinajstić information content (AvgIpc) is 2.65. The first kappa shape index (κ1) is 21.7. The lowest BCUT2D eigenvalue weighted by atomic mass is 10.0. The van der Waals surface area contributed by atoms with Crippen molar-refractivity contribution in [2.45, 2.75) is 44.4 Å². The Labute approximate surface area is 166 Å². The second-order valence-corrected chi connectivity index (χ2v) is 8.69. The van der Waals surface area contributed by atoms with Crippen LogP contribution in [0, 0.1) is 0 Å². The largest absolute Gasteiger partial charge is 0.478 e. The molecule has 0 aliphatic rings. The Kier molecular flexibility index (Phi) is 7.01. The number of carboxylic acids is 1. The molecule has 1 heterocycles. The highest BCUT2D eigenvalue weighted by atomic mass is 32.2. The van der Waals surface area contributed by atoms with Crippen LogP contribution in [0.3, 0.4) is 0 Å². The number of unbranched alkanes of at least 4 members (excludes halogenated alkanes) is 1. The number of hydrogen-bond acceptors (Lipinski definition) is 5. The maximum atomic E-state index is 12.6. The average molecular weight is 406 g/mol. The second kappa shape index (κ2) is 9.05. The first-order valence-electron chi connectivity index (χ1n) is 9.23. The van der Waals surface area contributed by atoms with Crippen molar-refractivity contribution < 1.29 is 18.3 Å². The molecule has 0 saturated heterocycles. The van der Waals surface area contributed by atoms with Crippen LogP contribution in [0.25, 0.3) is 0 Å². The van der Waals surface area contributed by atoms with Crippen LogP contribution in [0.5, 0.6) is 0 Å². The van der Waals surface area contributed by atoms with Gasteiger partial charge in [0.05, 0.1) is 16.8 Å². The molecule has 0 bridgehead atoms. The van der Waals surface area contributed by atoms with Crippen LogP contribution in [0.4, 0.5) is 11.5 Å². The SMILES string of the molecule is CCCCN(C)c1ncc(NS(=O)(=O)c2ccc(C(C)C)cc2)cc1C(=O)O. The van der Waals surface area contributed by atoms with Crippen molar-refractivity contribution in [2.75, 3.05) is 23.2 Å². The van der Waals surface area contributed by atoms with Crippen LogP contribution < -0.4 is 9.62 Å². The summed E-state index contributed by atoms with van der Waals surface area (Å²) < 4.78 is 27.7. The van der Waals surface area contributed by atoms with Crippen LogP contribution in [0.15, 0.2) is 41.4 Å². The fraction of sp³-hybridized carbons (Fsp3) is 0.400. The van der Waals surface area contributed by atoms with E-state index in [9.17, 15) is 18.3 Å². The van der Waals surface area contributed by atoms with E-state index in [0.717, 1.165) is 18.4 Å². The third kappa shape index (κ3) is 5.22. The van der Waals surface area contributed by atoms with Gasteiger partial charge in [-0.3, -0.25) is 4.72 Å². The van der Waals surface area contributed by atoms with Crippen molar-refractivity contribution in [3.8, 4) is 0 Å². The Balaban J connectivity index is 2.29. The molecule has 28 heavy (non-hydrogen) atoms. The Morgan fingerprint density at radius 2 is 1.89 bits per heavy atom. The van der Waals surface area contributed by atoms with Gasteiger partial charge in [0.1, 0.15) is 11.4 Å². The van der Waals surface area contributed by atoms with Gasteiger partial charge in [0.25, 0.3) is 10.0 Å². The molecule has 0 radical (unpaired) electrons. The number of benzene rings is 1. The molecule has 1 aromatic heterocycles. The summed E-state index contributed by atoms with van der Waals surface area (Å²) in [6.07, 6.45) is 3.21. The van der Waals surface area contributed by atoms with Gasteiger partial charge in [-0.05, 0) is 36.1 Å². The predicted octanol–water partition coefficient (Wildman–Crippen LogP) is 3.94. The molecule has 2 N–H and O–H groups in total. The van der Waals surface area contributed by atoms with Crippen molar-refractivity contribution in [3.63, 3.8) is 0 Å². The molecule has 2 aromatic rings. The van der Waals surface area contributed by atoms with E-state index in [1.165, 1.54) is 24.4 Å². The number of nitrogens with zero attached hydrogens (tertiary/aromatic N) is 2. The number of carboxylic acid groups (broad SMARTS) is 1. The molecule has 152 valence electrons. The smallest absolute Gasteiger partial charge is 0.339 e. The minimum absolute atomic E-state index is 0.0473. The zero-order valence-corrected chi connectivity index (χ0v) is 17.5. The monoisotopic (exact) mass is 405 g/mol. The lowest BCUT2D eigenvalue weighted by molar-refractivity contribution is 0.0697. The zero-order valence-electron chi connectivity index (χ0n) is 16.6. The maximum Gasteiger partial charge on any atom is 0.339 e. The van der Waals surface area contributed by atoms with Gasteiger partial charge in [-0.25, -0.2) is 18.2 Å². The third-order valence-electron chi connectivity index (χ3n) is 4.42. The van der Waals surface area contributed by atoms with Crippen LogP contribution in [0.1, 0.15) is 55.5 Å². The van der Waals surface area contributed by atoms with E-state index in [1.807, 2.05) is 20.8 Å². The molecule has 0 atom stereocenters. The van der Waals surface area contributed by atoms with Gasteiger partial charge < -0.3 is 10.0 Å². The molecule has 0 aliphatic carbocycles. The molecule has 0 aliphatic heterocycles. The van der Waals surface area contributed by atoms with Crippen LogP contribution >= 0.6 is 0 Å². The molecule has 0 fully saturated rings. The highest BCUT2D eigenvalue weighted by molar-refractivity contribution is 7.92. The van der Waals surface area contributed by atoms with E-state index in [1.54, 1.807) is 24.1 Å². The molecular formula is C20H27N3O4S. The normalized spacial score (nSPS) is 11.5. The van der Waals surface area contributed by atoms with Gasteiger partial charge >= 0.3 is 5.97 Å². The summed E-state index contributed by atoms with van der Waals surface area (Å²) in [4.78, 5) is 17.7. The fourth-order valence-electron chi connectivity index (χ4n) is 2.72. The first-order valence-corrected chi connectivity index (χ1v) is 10.7. The lowest BCUT2D eigenvalue weighted by Gasteiger charge is -2.20. The summed E-state index contributed by atoms with van der Waals surface area (Å²) in [5.41, 5.74) is 1.10. The zero-order chi connectivity index (χ0) is 20.9. The van der Waals surface area contributed by atoms with E-state index in [4.69, 9.17) is 0 Å². The summed E-state index contributed by atoms with van der Waals surface area (Å²) in [6, 6.07) is 7.91. The standard InChI is InChI=1S/C20H27N3O4S/c1-5-6-11-23(4)19-18(20(24)25)12-16(13-21-19)22-28(26,27)17-9-7-15(8-10-17)14(2)3/h7-10,12-14,22H,5-6,11H2,1-4H3,(H,24,25). The van der Waals surface area contributed by atoms with E-state index < -0.39 is 16.0 Å². The van der Waals surface area contributed by atoms with E-state index in [2.05, 4.69) is 9.71 Å². The van der Waals surface area contributed by atoms with Gasteiger partial charge in [0.2, 0.25) is 0 Å². The molecule has 0 saturated carbocycles. The van der Waals surface area contributed by atoms with Crippen molar-refractivity contribution in [3.05, 3.63) is 47.7 Å². The topological polar surface area (TPSA) is 99.6 Å². The molecule has 2 rings (SSSR count). The number of carbonyl (C=O) groups is 1. The summed E-state index contributed by atoms with van der Waals surface area (Å²) in [7, 11) is -2.07. The van der Waals surface area contributed by atoms with Crippen molar-refractivity contribution in [1.82, 2.24) is 4.98 Å². The Bertz CT molecular complexity index is 925. The molecule has 7 nitrogen and oxygen atoms in total. The van der Waals surface area contributed by atoms with Crippen molar-refractivity contribution in [2.24, 2.45) is 0 Å². The van der Waals surface area contributed by atoms with E-state index in [0.29, 0.717) is 18.3 Å². The minimum atomic E-state index is -3.84. The number of hydrogen-bond donors (Lipinski definition) is 2. The number of sulfonamides is 1. The molecule has 1 aromatic carbocycles. The number of anilines is 2. The molecular weight excluding hydrogens is 378 g/mol. The van der Waals surface area contributed by atoms with Crippen molar-refractivity contribution in [1.29, 1.82) is 0 Å². The number of aromatic carboxylic acids is 1. The van der Waals surface area contributed by atoms with E-state index >= 15 is 0 Å². The number of rotatable bonds is 9. The molecule has 8 heteroatoms. The summed E-state index contributed by atoms with van der Waals surface area (Å²) >= 11 is 0.